The van der Waals surface area contributed by atoms with Crippen molar-refractivity contribution >= 4 is 17.8 Å². The van der Waals surface area contributed by atoms with Crippen molar-refractivity contribution in [3.05, 3.63) is 0 Å². The van der Waals surface area contributed by atoms with Gasteiger partial charge in [0.15, 0.2) is 0 Å². The molecule has 0 aliphatic heterocycles. The van der Waals surface area contributed by atoms with Crippen molar-refractivity contribution in [3.8, 4) is 0 Å². The molecule has 0 unspecified atom stereocenters. The number of amides is 2. The summed E-state index contributed by atoms with van der Waals surface area (Å²) in [4.78, 5) is 36.7. The van der Waals surface area contributed by atoms with Gasteiger partial charge >= 0.3 is 5.97 Å². The van der Waals surface area contributed by atoms with E-state index < -0.39 is 11.4 Å². The predicted octanol–water partition coefficient (Wildman–Crippen LogP) is 1.01. The summed E-state index contributed by atoms with van der Waals surface area (Å²) in [5.74, 6) is -1.35. The maximum absolute atomic E-state index is 12.3. The Morgan fingerprint density at radius 1 is 1.20 bits per heavy atom. The van der Waals surface area contributed by atoms with Crippen molar-refractivity contribution in [2.24, 2.45) is 5.41 Å². The zero-order chi connectivity index (χ0) is 15.2. The number of aliphatic carboxylic acids is 1. The Balaban J connectivity index is 2.66. The zero-order valence-corrected chi connectivity index (χ0v) is 12.3. The molecule has 0 spiro atoms. The fourth-order valence-corrected chi connectivity index (χ4v) is 2.72. The maximum Gasteiger partial charge on any atom is 0.310 e. The molecule has 1 aliphatic carbocycles. The molecule has 0 aromatic rings. The van der Waals surface area contributed by atoms with E-state index in [4.69, 9.17) is 0 Å². The van der Waals surface area contributed by atoms with Crippen LogP contribution >= 0.6 is 0 Å². The summed E-state index contributed by atoms with van der Waals surface area (Å²) in [5.41, 5.74) is -0.925. The molecule has 20 heavy (non-hydrogen) atoms. The highest BCUT2D eigenvalue weighted by atomic mass is 16.4. The third kappa shape index (κ3) is 3.95. The van der Waals surface area contributed by atoms with Gasteiger partial charge in [0.25, 0.3) is 0 Å². The van der Waals surface area contributed by atoms with Crippen molar-refractivity contribution in [1.29, 1.82) is 0 Å². The van der Waals surface area contributed by atoms with Gasteiger partial charge in [-0.1, -0.05) is 12.8 Å². The Morgan fingerprint density at radius 3 is 2.25 bits per heavy atom. The molecule has 2 amide bonds. The van der Waals surface area contributed by atoms with E-state index in [-0.39, 0.29) is 24.8 Å². The number of carbonyl (C=O) groups is 3. The molecule has 0 aromatic carbocycles. The minimum absolute atomic E-state index is 0.00112. The van der Waals surface area contributed by atoms with Crippen LogP contribution in [-0.2, 0) is 14.4 Å². The quantitative estimate of drug-likeness (QED) is 0.730. The topological polar surface area (TPSA) is 86.7 Å². The van der Waals surface area contributed by atoms with E-state index in [0.717, 1.165) is 12.8 Å². The third-order valence-corrected chi connectivity index (χ3v) is 3.95. The van der Waals surface area contributed by atoms with E-state index in [1.807, 2.05) is 6.92 Å². The number of hydrogen-bond donors (Lipinski definition) is 2. The fraction of sp³-hybridized carbons (Fsp3) is 0.786. The number of nitrogens with one attached hydrogen (secondary N) is 1. The number of rotatable bonds is 7. The van der Waals surface area contributed by atoms with Gasteiger partial charge in [0.05, 0.1) is 12.0 Å². The molecular weight excluding hydrogens is 260 g/mol. The first-order valence-corrected chi connectivity index (χ1v) is 7.23. The van der Waals surface area contributed by atoms with E-state index in [2.05, 4.69) is 5.32 Å². The number of carboxylic acid groups (broad SMARTS) is 1. The molecule has 6 heteroatoms. The van der Waals surface area contributed by atoms with Gasteiger partial charge in [-0.2, -0.15) is 0 Å². The molecular formula is C14H24N2O4. The molecule has 6 nitrogen and oxygen atoms in total. The lowest BCUT2D eigenvalue weighted by Crippen LogP contribution is -2.43. The second-order valence-electron chi connectivity index (χ2n) is 5.33. The lowest BCUT2D eigenvalue weighted by molar-refractivity contribution is -0.153. The second-order valence-corrected chi connectivity index (χ2v) is 5.33. The van der Waals surface area contributed by atoms with Crippen molar-refractivity contribution in [1.82, 2.24) is 10.2 Å². The van der Waals surface area contributed by atoms with Crippen LogP contribution in [0, 0.1) is 5.41 Å². The Bertz CT molecular complexity index is 375. The second kappa shape index (κ2) is 7.26. The molecule has 1 aliphatic rings. The van der Waals surface area contributed by atoms with Crippen LogP contribution in [0.3, 0.4) is 0 Å². The number of carbonyl (C=O) groups excluding carboxylic acids is 2. The molecule has 0 heterocycles. The summed E-state index contributed by atoms with van der Waals surface area (Å²) in [6.45, 7) is 4.53. The third-order valence-electron chi connectivity index (χ3n) is 3.95. The number of hydrogen-bond acceptors (Lipinski definition) is 3. The highest BCUT2D eigenvalue weighted by Gasteiger charge is 2.43. The molecule has 0 atom stereocenters. The standard InChI is InChI=1S/C14H24N2O4/c1-3-15-11(17)10-16(4-2)12(18)9-14(13(19)20)7-5-6-8-14/h3-10H2,1-2H3,(H,15,17)(H,19,20). The van der Waals surface area contributed by atoms with E-state index in [9.17, 15) is 19.5 Å². The smallest absolute Gasteiger partial charge is 0.310 e. The Labute approximate surface area is 119 Å². The van der Waals surface area contributed by atoms with E-state index in [1.54, 1.807) is 6.92 Å². The maximum atomic E-state index is 12.3. The van der Waals surface area contributed by atoms with Crippen LogP contribution < -0.4 is 5.32 Å². The van der Waals surface area contributed by atoms with Gasteiger partial charge in [-0.3, -0.25) is 14.4 Å². The summed E-state index contributed by atoms with van der Waals surface area (Å²) >= 11 is 0. The first kappa shape index (κ1) is 16.5. The molecule has 2 N–H and O–H groups in total. The van der Waals surface area contributed by atoms with E-state index >= 15 is 0 Å². The lowest BCUT2D eigenvalue weighted by Gasteiger charge is -2.27. The molecule has 0 saturated heterocycles. The van der Waals surface area contributed by atoms with Gasteiger partial charge in [0.2, 0.25) is 11.8 Å². The minimum Gasteiger partial charge on any atom is -0.481 e. The van der Waals surface area contributed by atoms with Crippen molar-refractivity contribution in [2.45, 2.75) is 46.0 Å². The van der Waals surface area contributed by atoms with Crippen molar-refractivity contribution < 1.29 is 19.5 Å². The van der Waals surface area contributed by atoms with Gasteiger partial charge in [-0.15, -0.1) is 0 Å². The Hall–Kier alpha value is -1.59. The van der Waals surface area contributed by atoms with Crippen molar-refractivity contribution in [3.63, 3.8) is 0 Å². The van der Waals surface area contributed by atoms with Crippen LogP contribution in [0.15, 0.2) is 0 Å². The van der Waals surface area contributed by atoms with Crippen LogP contribution in [0.1, 0.15) is 46.0 Å². The first-order valence-electron chi connectivity index (χ1n) is 7.23. The van der Waals surface area contributed by atoms with Crippen LogP contribution in [0.25, 0.3) is 0 Å². The molecule has 0 radical (unpaired) electrons. The monoisotopic (exact) mass is 284 g/mol. The molecule has 1 saturated carbocycles. The first-order chi connectivity index (χ1) is 9.45. The summed E-state index contributed by atoms with van der Waals surface area (Å²) in [6, 6.07) is 0. The molecule has 114 valence electrons. The van der Waals surface area contributed by atoms with Crippen LogP contribution in [-0.4, -0.2) is 47.4 Å². The van der Waals surface area contributed by atoms with Crippen molar-refractivity contribution in [2.75, 3.05) is 19.6 Å². The lowest BCUT2D eigenvalue weighted by atomic mass is 9.82. The Kier molecular flexibility index (Phi) is 5.98. The minimum atomic E-state index is -0.925. The average molecular weight is 284 g/mol. The van der Waals surface area contributed by atoms with Gasteiger partial charge in [-0.25, -0.2) is 0 Å². The molecule has 0 aromatic heterocycles. The summed E-state index contributed by atoms with van der Waals surface area (Å²) in [5, 5.41) is 12.0. The van der Waals surface area contributed by atoms with Gasteiger partial charge in [-0.05, 0) is 26.7 Å². The number of nitrogens with zero attached hydrogens (tertiary/aromatic N) is 1. The van der Waals surface area contributed by atoms with Crippen LogP contribution in [0.2, 0.25) is 0 Å². The summed E-state index contributed by atoms with van der Waals surface area (Å²) in [6.07, 6.45) is 2.79. The largest absolute Gasteiger partial charge is 0.481 e. The SMILES string of the molecule is CCNC(=O)CN(CC)C(=O)CC1(C(=O)O)CCCC1. The zero-order valence-electron chi connectivity index (χ0n) is 12.3. The summed E-state index contributed by atoms with van der Waals surface area (Å²) in [7, 11) is 0. The van der Waals surface area contributed by atoms with Crippen LogP contribution in [0.5, 0.6) is 0 Å². The number of carboxylic acids is 1. The summed E-state index contributed by atoms with van der Waals surface area (Å²) < 4.78 is 0. The van der Waals surface area contributed by atoms with Gasteiger partial charge in [0, 0.05) is 19.5 Å². The molecule has 0 bridgehead atoms. The fourth-order valence-electron chi connectivity index (χ4n) is 2.72. The van der Waals surface area contributed by atoms with Crippen LogP contribution in [0.4, 0.5) is 0 Å². The molecule has 1 fully saturated rings. The average Bonchev–Trinajstić information content (AvgIpc) is 2.86. The predicted molar refractivity (Wildman–Crippen MR) is 74.1 cm³/mol. The van der Waals surface area contributed by atoms with E-state index in [0.29, 0.717) is 25.9 Å². The molecule has 1 rings (SSSR count). The van der Waals surface area contributed by atoms with E-state index in [1.165, 1.54) is 4.90 Å². The number of likely N-dealkylation sites (N-methyl/N-ethyl adjacent to an activating group) is 2. The highest BCUT2D eigenvalue weighted by Crippen LogP contribution is 2.41. The highest BCUT2D eigenvalue weighted by molar-refractivity contribution is 5.88. The van der Waals surface area contributed by atoms with Gasteiger partial charge in [0.1, 0.15) is 0 Å². The Morgan fingerprint density at radius 2 is 1.80 bits per heavy atom. The van der Waals surface area contributed by atoms with Gasteiger partial charge < -0.3 is 15.3 Å². The normalized spacial score (nSPS) is 16.7.